The van der Waals surface area contributed by atoms with Crippen molar-refractivity contribution in [3.05, 3.63) is 10.0 Å². The molecule has 0 bridgehead atoms. The van der Waals surface area contributed by atoms with Crippen LogP contribution in [0.4, 0.5) is 5.82 Å². The van der Waals surface area contributed by atoms with Crippen LogP contribution in [0.15, 0.2) is 6.33 Å². The van der Waals surface area contributed by atoms with Crippen molar-refractivity contribution in [3.8, 4) is 0 Å². The summed E-state index contributed by atoms with van der Waals surface area (Å²) in [4.78, 5) is 8.18. The zero-order valence-electron chi connectivity index (χ0n) is 8.73. The lowest BCUT2D eigenvalue weighted by Gasteiger charge is -2.01. The molecule has 4 N–H and O–H groups in total. The minimum atomic E-state index is 0.486. The largest absolute Gasteiger partial charge is 0.383 e. The van der Waals surface area contributed by atoms with Gasteiger partial charge in [0, 0.05) is 6.54 Å². The Morgan fingerprint density at radius 1 is 1.31 bits per heavy atom. The van der Waals surface area contributed by atoms with Crippen LogP contribution in [0.25, 0.3) is 11.0 Å². The molecule has 2 aromatic heterocycles. The number of hydrogen-bond donors (Lipinski definition) is 2. The van der Waals surface area contributed by atoms with Crippen LogP contribution >= 0.6 is 22.6 Å². The predicted molar refractivity (Wildman–Crippen MR) is 70.7 cm³/mol. The molecule has 0 unspecified atom stereocenters. The van der Waals surface area contributed by atoms with Crippen molar-refractivity contribution < 1.29 is 0 Å². The normalized spacial score (nSPS) is 11.1. The molecule has 0 spiro atoms. The molecule has 0 aliphatic rings. The smallest absolute Gasteiger partial charge is 0.164 e. The molecule has 2 aromatic rings. The number of nitrogens with zero attached hydrogens (tertiary/aromatic N) is 4. The van der Waals surface area contributed by atoms with E-state index in [1.807, 2.05) is 4.68 Å². The number of anilines is 1. The highest BCUT2D eigenvalue weighted by atomic mass is 127. The summed E-state index contributed by atoms with van der Waals surface area (Å²) >= 11 is 2.15. The van der Waals surface area contributed by atoms with E-state index in [4.69, 9.17) is 11.5 Å². The number of rotatable bonds is 4. The van der Waals surface area contributed by atoms with Crippen molar-refractivity contribution in [2.45, 2.75) is 19.4 Å². The molecule has 0 aliphatic heterocycles. The predicted octanol–water partition coefficient (Wildman–Crippen LogP) is 0.752. The lowest BCUT2D eigenvalue weighted by molar-refractivity contribution is 0.570. The number of halogens is 1. The summed E-state index contributed by atoms with van der Waals surface area (Å²) in [6.45, 7) is 1.51. The number of nitrogens with two attached hydrogens (primary N) is 2. The summed E-state index contributed by atoms with van der Waals surface area (Å²) in [5.74, 6) is 0.486. The Morgan fingerprint density at radius 3 is 2.88 bits per heavy atom. The number of aryl methyl sites for hydroxylation is 1. The second-order valence-corrected chi connectivity index (χ2v) is 4.49. The SMILES string of the molecule is NCCCCn1nc(I)c2c(N)ncnc21. The Balaban J connectivity index is 2.36. The summed E-state index contributed by atoms with van der Waals surface area (Å²) < 4.78 is 2.71. The van der Waals surface area contributed by atoms with Crippen molar-refractivity contribution in [2.24, 2.45) is 5.73 Å². The van der Waals surface area contributed by atoms with Crippen LogP contribution in [0.3, 0.4) is 0 Å². The highest BCUT2D eigenvalue weighted by Gasteiger charge is 2.12. The van der Waals surface area contributed by atoms with Gasteiger partial charge in [-0.25, -0.2) is 14.6 Å². The molecule has 2 heterocycles. The van der Waals surface area contributed by atoms with Crippen molar-refractivity contribution in [2.75, 3.05) is 12.3 Å². The molecule has 7 heteroatoms. The van der Waals surface area contributed by atoms with E-state index in [1.54, 1.807) is 0 Å². The maximum absolute atomic E-state index is 5.80. The summed E-state index contributed by atoms with van der Waals surface area (Å²) in [5, 5.41) is 5.25. The van der Waals surface area contributed by atoms with Crippen LogP contribution in [0, 0.1) is 3.70 Å². The molecular formula is C9H13IN6. The van der Waals surface area contributed by atoms with Gasteiger partial charge < -0.3 is 11.5 Å². The van der Waals surface area contributed by atoms with Crippen LogP contribution in [-0.4, -0.2) is 26.3 Å². The third-order valence-electron chi connectivity index (χ3n) is 2.34. The number of nitrogen functional groups attached to an aromatic ring is 1. The van der Waals surface area contributed by atoms with Crippen LogP contribution in [0.5, 0.6) is 0 Å². The zero-order valence-corrected chi connectivity index (χ0v) is 10.9. The van der Waals surface area contributed by atoms with E-state index < -0.39 is 0 Å². The second kappa shape index (κ2) is 4.91. The van der Waals surface area contributed by atoms with Crippen LogP contribution in [0.1, 0.15) is 12.8 Å². The molecule has 86 valence electrons. The summed E-state index contributed by atoms with van der Waals surface area (Å²) in [6.07, 6.45) is 3.45. The molecule has 0 atom stereocenters. The Morgan fingerprint density at radius 2 is 2.12 bits per heavy atom. The van der Waals surface area contributed by atoms with Gasteiger partial charge in [0.2, 0.25) is 0 Å². The molecule has 0 saturated heterocycles. The third kappa shape index (κ3) is 2.09. The van der Waals surface area contributed by atoms with E-state index >= 15 is 0 Å². The van der Waals surface area contributed by atoms with Gasteiger partial charge in [-0.2, -0.15) is 5.10 Å². The highest BCUT2D eigenvalue weighted by molar-refractivity contribution is 14.1. The summed E-state index contributed by atoms with van der Waals surface area (Å²) in [7, 11) is 0. The average molecular weight is 332 g/mol. The van der Waals surface area contributed by atoms with Gasteiger partial charge in [-0.3, -0.25) is 0 Å². The maximum atomic E-state index is 5.80. The van der Waals surface area contributed by atoms with Crippen LogP contribution < -0.4 is 11.5 Å². The fourth-order valence-electron chi connectivity index (χ4n) is 1.55. The molecule has 0 aliphatic carbocycles. The maximum Gasteiger partial charge on any atom is 0.164 e. The van der Waals surface area contributed by atoms with Crippen molar-refractivity contribution in [1.29, 1.82) is 0 Å². The Kier molecular flexibility index (Phi) is 3.54. The Hall–Kier alpha value is -0.960. The first-order valence-corrected chi connectivity index (χ1v) is 6.14. The van der Waals surface area contributed by atoms with E-state index in [0.29, 0.717) is 12.4 Å². The van der Waals surface area contributed by atoms with Gasteiger partial charge in [0.25, 0.3) is 0 Å². The molecule has 0 radical (unpaired) electrons. The first-order chi connectivity index (χ1) is 7.74. The van der Waals surface area contributed by atoms with Gasteiger partial charge in [-0.1, -0.05) is 0 Å². The van der Waals surface area contributed by atoms with Gasteiger partial charge in [0.15, 0.2) is 5.65 Å². The molecule has 16 heavy (non-hydrogen) atoms. The van der Waals surface area contributed by atoms with E-state index in [1.165, 1.54) is 6.33 Å². The Bertz CT molecular complexity index is 494. The highest BCUT2D eigenvalue weighted by Crippen LogP contribution is 2.22. The summed E-state index contributed by atoms with van der Waals surface area (Å²) in [6, 6.07) is 0. The van der Waals surface area contributed by atoms with E-state index in [2.05, 4.69) is 37.7 Å². The minimum Gasteiger partial charge on any atom is -0.383 e. The molecular weight excluding hydrogens is 319 g/mol. The fraction of sp³-hybridized carbons (Fsp3) is 0.444. The fourth-order valence-corrected chi connectivity index (χ4v) is 2.33. The quantitative estimate of drug-likeness (QED) is 0.636. The Labute approximate surface area is 107 Å². The van der Waals surface area contributed by atoms with Gasteiger partial charge >= 0.3 is 0 Å². The molecule has 0 aromatic carbocycles. The number of fused-ring (bicyclic) bond motifs is 1. The van der Waals surface area contributed by atoms with E-state index in [0.717, 1.165) is 34.1 Å². The summed E-state index contributed by atoms with van der Waals surface area (Å²) in [5.41, 5.74) is 12.1. The molecule has 0 saturated carbocycles. The zero-order chi connectivity index (χ0) is 11.5. The lowest BCUT2D eigenvalue weighted by Crippen LogP contribution is -2.05. The van der Waals surface area contributed by atoms with E-state index in [-0.39, 0.29) is 0 Å². The molecule has 6 nitrogen and oxygen atoms in total. The van der Waals surface area contributed by atoms with Crippen molar-refractivity contribution in [1.82, 2.24) is 19.7 Å². The van der Waals surface area contributed by atoms with Gasteiger partial charge in [-0.05, 0) is 42.0 Å². The standard InChI is InChI=1S/C9H13IN6/c10-7-6-8(12)13-5-14-9(6)16(15-7)4-2-1-3-11/h5H,1-4,11H2,(H2,12,13,14). The lowest BCUT2D eigenvalue weighted by atomic mass is 10.3. The topological polar surface area (TPSA) is 95.6 Å². The van der Waals surface area contributed by atoms with Gasteiger partial charge in [0.1, 0.15) is 15.8 Å². The second-order valence-electron chi connectivity index (χ2n) is 3.47. The van der Waals surface area contributed by atoms with Gasteiger partial charge in [-0.15, -0.1) is 0 Å². The number of aromatic nitrogens is 4. The van der Waals surface area contributed by atoms with Crippen LogP contribution in [0.2, 0.25) is 0 Å². The minimum absolute atomic E-state index is 0.486. The first kappa shape index (κ1) is 11.5. The number of hydrogen-bond acceptors (Lipinski definition) is 5. The first-order valence-electron chi connectivity index (χ1n) is 5.06. The average Bonchev–Trinajstić information content (AvgIpc) is 2.58. The van der Waals surface area contributed by atoms with Crippen molar-refractivity contribution >= 4 is 39.4 Å². The van der Waals surface area contributed by atoms with Gasteiger partial charge in [0.05, 0.1) is 5.39 Å². The van der Waals surface area contributed by atoms with Crippen molar-refractivity contribution in [3.63, 3.8) is 0 Å². The third-order valence-corrected chi connectivity index (χ3v) is 3.10. The van der Waals surface area contributed by atoms with Crippen LogP contribution in [-0.2, 0) is 6.54 Å². The molecule has 0 amide bonds. The van der Waals surface area contributed by atoms with E-state index in [9.17, 15) is 0 Å². The monoisotopic (exact) mass is 332 g/mol. The number of unbranched alkanes of at least 4 members (excludes halogenated alkanes) is 1. The molecule has 0 fully saturated rings. The molecule has 2 rings (SSSR count).